The second kappa shape index (κ2) is 4.46. The van der Waals surface area contributed by atoms with Gasteiger partial charge in [-0.25, -0.2) is 4.98 Å². The van der Waals surface area contributed by atoms with Crippen molar-refractivity contribution >= 4 is 0 Å². The van der Waals surface area contributed by atoms with Crippen molar-refractivity contribution in [3.05, 3.63) is 47.5 Å². The molecule has 2 heterocycles. The van der Waals surface area contributed by atoms with Gasteiger partial charge in [0.2, 0.25) is 0 Å². The molecule has 2 N–H and O–H groups in total. The second-order valence-electron chi connectivity index (χ2n) is 4.84. The molecule has 0 saturated heterocycles. The van der Waals surface area contributed by atoms with Gasteiger partial charge < -0.3 is 14.8 Å². The Balaban J connectivity index is 1.82. The average Bonchev–Trinajstić information content (AvgIpc) is 2.70. The lowest BCUT2D eigenvalue weighted by Gasteiger charge is -2.18. The van der Waals surface area contributed by atoms with Crippen molar-refractivity contribution in [1.82, 2.24) is 9.55 Å². The van der Waals surface area contributed by atoms with Crippen LogP contribution >= 0.6 is 0 Å². The van der Waals surface area contributed by atoms with E-state index in [9.17, 15) is 10.2 Å². The van der Waals surface area contributed by atoms with E-state index in [-0.39, 0.29) is 11.9 Å². The summed E-state index contributed by atoms with van der Waals surface area (Å²) in [5.41, 5.74) is 2.04. The number of aryl methyl sites for hydroxylation is 1. The van der Waals surface area contributed by atoms with Gasteiger partial charge in [0.05, 0.1) is 11.8 Å². The van der Waals surface area contributed by atoms with Gasteiger partial charge in [0.25, 0.3) is 0 Å². The summed E-state index contributed by atoms with van der Waals surface area (Å²) in [5, 5.41) is 19.0. The van der Waals surface area contributed by atoms with E-state index in [0.29, 0.717) is 13.0 Å². The standard InChI is InChI=1S/C14H16N2O2/c17-12-3-1-2-10(7-12)6-11-8-16-9-13(18)4-5-14(16)15-11/h1-3,7-8,13,17-18H,4-6,9H2. The number of hydrogen-bond donors (Lipinski definition) is 2. The quantitative estimate of drug-likeness (QED) is 0.841. The van der Waals surface area contributed by atoms with Crippen molar-refractivity contribution in [2.75, 3.05) is 0 Å². The molecule has 2 aromatic rings. The summed E-state index contributed by atoms with van der Waals surface area (Å²) in [6, 6.07) is 7.24. The number of aliphatic hydroxyl groups excluding tert-OH is 1. The zero-order valence-corrected chi connectivity index (χ0v) is 10.1. The van der Waals surface area contributed by atoms with Crippen molar-refractivity contribution in [3.8, 4) is 5.75 Å². The number of imidazole rings is 1. The van der Waals surface area contributed by atoms with Crippen LogP contribution in [0.2, 0.25) is 0 Å². The van der Waals surface area contributed by atoms with Gasteiger partial charge in [-0.2, -0.15) is 0 Å². The third kappa shape index (κ3) is 2.24. The number of phenols is 1. The minimum absolute atomic E-state index is 0.250. The first-order chi connectivity index (χ1) is 8.70. The molecule has 94 valence electrons. The van der Waals surface area contributed by atoms with Gasteiger partial charge in [0.1, 0.15) is 11.6 Å². The number of benzene rings is 1. The first-order valence-corrected chi connectivity index (χ1v) is 6.21. The van der Waals surface area contributed by atoms with Crippen molar-refractivity contribution < 1.29 is 10.2 Å². The third-order valence-electron chi connectivity index (χ3n) is 3.31. The number of phenolic OH excluding ortho intramolecular Hbond substituents is 1. The maximum Gasteiger partial charge on any atom is 0.115 e. The molecule has 0 spiro atoms. The number of nitrogens with zero attached hydrogens (tertiary/aromatic N) is 2. The lowest BCUT2D eigenvalue weighted by molar-refractivity contribution is 0.130. The molecule has 0 amide bonds. The molecule has 4 heteroatoms. The summed E-state index contributed by atoms with van der Waals surface area (Å²) >= 11 is 0. The van der Waals surface area contributed by atoms with E-state index >= 15 is 0 Å². The van der Waals surface area contributed by atoms with Crippen molar-refractivity contribution in [3.63, 3.8) is 0 Å². The Morgan fingerprint density at radius 2 is 2.28 bits per heavy atom. The molecule has 1 unspecified atom stereocenters. The molecule has 1 aliphatic heterocycles. The van der Waals surface area contributed by atoms with E-state index in [1.165, 1.54) is 0 Å². The topological polar surface area (TPSA) is 58.3 Å². The van der Waals surface area contributed by atoms with E-state index in [1.807, 2.05) is 22.9 Å². The smallest absolute Gasteiger partial charge is 0.115 e. The minimum atomic E-state index is -0.250. The Kier molecular flexibility index (Phi) is 2.80. The minimum Gasteiger partial charge on any atom is -0.508 e. The largest absolute Gasteiger partial charge is 0.508 e. The average molecular weight is 244 g/mol. The molecule has 0 fully saturated rings. The third-order valence-corrected chi connectivity index (χ3v) is 3.31. The Hall–Kier alpha value is -1.81. The molecule has 4 nitrogen and oxygen atoms in total. The summed E-state index contributed by atoms with van der Waals surface area (Å²) in [4.78, 5) is 4.58. The van der Waals surface area contributed by atoms with Gasteiger partial charge >= 0.3 is 0 Å². The SMILES string of the molecule is Oc1cccc(Cc2cn3c(n2)CCC(O)C3)c1. The first-order valence-electron chi connectivity index (χ1n) is 6.21. The number of aliphatic hydroxyl groups is 1. The van der Waals surface area contributed by atoms with Gasteiger partial charge in [-0.15, -0.1) is 0 Å². The molecular weight excluding hydrogens is 228 g/mol. The van der Waals surface area contributed by atoms with E-state index in [2.05, 4.69) is 4.98 Å². The molecule has 0 radical (unpaired) electrons. The molecular formula is C14H16N2O2. The number of rotatable bonds is 2. The summed E-state index contributed by atoms with van der Waals surface area (Å²) < 4.78 is 2.03. The molecule has 0 bridgehead atoms. The Morgan fingerprint density at radius 1 is 1.39 bits per heavy atom. The van der Waals surface area contributed by atoms with Crippen LogP contribution in [0.1, 0.15) is 23.5 Å². The normalized spacial score (nSPS) is 18.6. The van der Waals surface area contributed by atoms with E-state index in [4.69, 9.17) is 0 Å². The first kappa shape index (κ1) is 11.3. The maximum atomic E-state index is 9.61. The molecule has 0 aliphatic carbocycles. The number of hydrogen-bond acceptors (Lipinski definition) is 3. The highest BCUT2D eigenvalue weighted by molar-refractivity contribution is 5.30. The fourth-order valence-electron chi connectivity index (χ4n) is 2.45. The molecule has 1 aliphatic rings. The van der Waals surface area contributed by atoms with Crippen LogP contribution in [-0.2, 0) is 19.4 Å². The highest BCUT2D eigenvalue weighted by Gasteiger charge is 2.18. The van der Waals surface area contributed by atoms with Gasteiger partial charge in [-0.05, 0) is 24.1 Å². The van der Waals surface area contributed by atoms with Gasteiger partial charge in [0, 0.05) is 25.6 Å². The Morgan fingerprint density at radius 3 is 3.11 bits per heavy atom. The van der Waals surface area contributed by atoms with E-state index in [0.717, 1.165) is 29.9 Å². The summed E-state index contributed by atoms with van der Waals surface area (Å²) in [6.07, 6.45) is 4.09. The maximum absolute atomic E-state index is 9.61. The van der Waals surface area contributed by atoms with Crippen LogP contribution in [0.3, 0.4) is 0 Å². The van der Waals surface area contributed by atoms with Crippen molar-refractivity contribution in [1.29, 1.82) is 0 Å². The lowest BCUT2D eigenvalue weighted by Crippen LogP contribution is -2.23. The number of fused-ring (bicyclic) bond motifs is 1. The second-order valence-corrected chi connectivity index (χ2v) is 4.84. The predicted octanol–water partition coefficient (Wildman–Crippen LogP) is 1.49. The van der Waals surface area contributed by atoms with Crippen molar-refractivity contribution in [2.45, 2.75) is 31.9 Å². The number of aromatic hydroxyl groups is 1. The summed E-state index contributed by atoms with van der Waals surface area (Å²) in [6.45, 7) is 0.641. The molecule has 1 aromatic carbocycles. The van der Waals surface area contributed by atoms with E-state index in [1.54, 1.807) is 12.1 Å². The van der Waals surface area contributed by atoms with Crippen molar-refractivity contribution in [2.24, 2.45) is 0 Å². The molecule has 0 saturated carbocycles. The van der Waals surface area contributed by atoms with E-state index < -0.39 is 0 Å². The number of aromatic nitrogens is 2. The predicted molar refractivity (Wildman–Crippen MR) is 67.5 cm³/mol. The van der Waals surface area contributed by atoms with Gasteiger partial charge in [-0.3, -0.25) is 0 Å². The molecule has 18 heavy (non-hydrogen) atoms. The Labute approximate surface area is 106 Å². The zero-order chi connectivity index (χ0) is 12.5. The summed E-state index contributed by atoms with van der Waals surface area (Å²) in [7, 11) is 0. The van der Waals surface area contributed by atoms with Crippen LogP contribution in [0.25, 0.3) is 0 Å². The van der Waals surface area contributed by atoms with Gasteiger partial charge in [0.15, 0.2) is 0 Å². The lowest BCUT2D eigenvalue weighted by atomic mass is 10.1. The monoisotopic (exact) mass is 244 g/mol. The summed E-state index contributed by atoms with van der Waals surface area (Å²) in [5.74, 6) is 1.34. The van der Waals surface area contributed by atoms with Crippen LogP contribution < -0.4 is 0 Å². The Bertz CT molecular complexity index is 563. The molecule has 1 atom stereocenters. The zero-order valence-electron chi connectivity index (χ0n) is 10.1. The van der Waals surface area contributed by atoms with Crippen LogP contribution in [0, 0.1) is 0 Å². The molecule has 1 aromatic heterocycles. The van der Waals surface area contributed by atoms with Crippen LogP contribution in [0.4, 0.5) is 0 Å². The van der Waals surface area contributed by atoms with Crippen LogP contribution in [0.5, 0.6) is 5.75 Å². The van der Waals surface area contributed by atoms with Gasteiger partial charge in [-0.1, -0.05) is 12.1 Å². The van der Waals surface area contributed by atoms with Crippen LogP contribution in [-0.4, -0.2) is 25.9 Å². The highest BCUT2D eigenvalue weighted by atomic mass is 16.3. The van der Waals surface area contributed by atoms with Crippen LogP contribution in [0.15, 0.2) is 30.5 Å². The molecule has 3 rings (SSSR count). The fraction of sp³-hybridized carbons (Fsp3) is 0.357. The highest BCUT2D eigenvalue weighted by Crippen LogP contribution is 2.18. The fourth-order valence-corrected chi connectivity index (χ4v) is 2.45.